The molecule has 0 saturated carbocycles. The molecule has 2 aromatic carbocycles. The molecule has 8 heteroatoms. The molecule has 0 bridgehead atoms. The molecular weight excluding hydrogens is 451 g/mol. The van der Waals surface area contributed by atoms with Crippen LogP contribution in [0.4, 0.5) is 15.9 Å². The summed E-state index contributed by atoms with van der Waals surface area (Å²) in [6.07, 6.45) is 1.48. The average molecular weight is 485 g/mol. The van der Waals surface area contributed by atoms with Gasteiger partial charge in [0.25, 0.3) is 0 Å². The molecule has 0 fully saturated rings. The molecule has 0 spiro atoms. The fourth-order valence-corrected chi connectivity index (χ4v) is 2.76. The maximum Gasteiger partial charge on any atom is 0.151 e. The van der Waals surface area contributed by atoms with E-state index in [1.54, 1.807) is 16.7 Å². The molecule has 0 amide bonds. The van der Waals surface area contributed by atoms with Crippen LogP contribution in [-0.2, 0) is 13.1 Å². The van der Waals surface area contributed by atoms with Crippen molar-refractivity contribution in [2.75, 3.05) is 11.1 Å². The van der Waals surface area contributed by atoms with Gasteiger partial charge in [0.05, 0.1) is 18.1 Å². The van der Waals surface area contributed by atoms with Gasteiger partial charge in [-0.05, 0) is 49.0 Å². The van der Waals surface area contributed by atoms with Crippen molar-refractivity contribution < 1.29 is 4.39 Å². The number of nitriles is 1. The zero-order valence-corrected chi connectivity index (χ0v) is 21.3. The predicted octanol–water partition coefficient (Wildman–Crippen LogP) is 7.11. The number of imidazole rings is 1. The number of rotatable bonds is 6. The van der Waals surface area contributed by atoms with Crippen molar-refractivity contribution in [3.05, 3.63) is 83.0 Å². The first kappa shape index (κ1) is 30.4. The van der Waals surface area contributed by atoms with Crippen molar-refractivity contribution in [2.45, 2.75) is 47.7 Å². The fraction of sp³-hybridized carbons (Fsp3) is 0.269. The van der Waals surface area contributed by atoms with Crippen LogP contribution in [0.15, 0.2) is 60.4 Å². The Hall–Kier alpha value is -3.63. The topological polar surface area (TPSA) is 92.0 Å². The molecule has 0 unspecified atom stereocenters. The summed E-state index contributed by atoms with van der Waals surface area (Å²) in [7, 11) is 0. The maximum absolute atomic E-state index is 12.7. The second-order valence-corrected chi connectivity index (χ2v) is 6.67. The highest BCUT2D eigenvalue weighted by Gasteiger charge is 2.09. The van der Waals surface area contributed by atoms with Gasteiger partial charge in [0.15, 0.2) is 5.82 Å². The summed E-state index contributed by atoms with van der Waals surface area (Å²) in [6.45, 7) is 17.8. The van der Waals surface area contributed by atoms with Crippen molar-refractivity contribution in [3.8, 4) is 6.07 Å². The molecule has 3 N–H and O–H groups in total. The minimum absolute atomic E-state index is 0.175. The highest BCUT2D eigenvalue weighted by atomic mass is 35.5. The van der Waals surface area contributed by atoms with Crippen LogP contribution in [0.2, 0.25) is 5.02 Å². The van der Waals surface area contributed by atoms with Crippen molar-refractivity contribution in [2.24, 2.45) is 4.99 Å². The van der Waals surface area contributed by atoms with E-state index in [2.05, 4.69) is 28.6 Å². The number of aliphatic imine (C=N–C) groups is 1. The lowest BCUT2D eigenvalue weighted by atomic mass is 10.1. The Morgan fingerprint density at radius 1 is 1.21 bits per heavy atom. The van der Waals surface area contributed by atoms with E-state index in [9.17, 15) is 4.39 Å². The molecule has 1 aromatic heterocycles. The van der Waals surface area contributed by atoms with Gasteiger partial charge >= 0.3 is 0 Å². The summed E-state index contributed by atoms with van der Waals surface area (Å²) in [5, 5.41) is 12.5. The molecule has 34 heavy (non-hydrogen) atoms. The Labute approximate surface area is 207 Å². The first-order valence-corrected chi connectivity index (χ1v) is 11.3. The summed E-state index contributed by atoms with van der Waals surface area (Å²) in [5.74, 6) is 0.0975. The van der Waals surface area contributed by atoms with Gasteiger partial charge in [0.1, 0.15) is 18.1 Å². The third kappa shape index (κ3) is 9.47. The summed E-state index contributed by atoms with van der Waals surface area (Å²) >= 11 is 6.03. The van der Waals surface area contributed by atoms with Gasteiger partial charge in [-0.25, -0.2) is 9.37 Å². The van der Waals surface area contributed by atoms with E-state index >= 15 is 0 Å². The van der Waals surface area contributed by atoms with Crippen molar-refractivity contribution in [1.29, 1.82) is 5.26 Å². The standard InChI is InChI=1S/C14H13ClFN.C8H9N5.2C2H6/c1-10-13(15)3-2-4-14(10)17-9-11-5-7-12(16)8-6-11;1-6(11-2)7-8(10)12-5-13(7)4-3-9;2*1-2/h2-8,17H,9H2,1H3;5H,1-2,4,10H2;2*1-2H3. The van der Waals surface area contributed by atoms with Gasteiger partial charge in [-0.1, -0.05) is 64.1 Å². The minimum atomic E-state index is -0.215. The summed E-state index contributed by atoms with van der Waals surface area (Å²) in [5.41, 5.74) is 9.59. The Morgan fingerprint density at radius 2 is 1.82 bits per heavy atom. The minimum Gasteiger partial charge on any atom is -0.382 e. The van der Waals surface area contributed by atoms with Crippen LogP contribution in [0.25, 0.3) is 5.70 Å². The monoisotopic (exact) mass is 484 g/mol. The van der Waals surface area contributed by atoms with E-state index in [4.69, 9.17) is 22.6 Å². The number of aromatic nitrogens is 2. The molecule has 182 valence electrons. The van der Waals surface area contributed by atoms with E-state index in [-0.39, 0.29) is 12.4 Å². The Kier molecular flexibility index (Phi) is 15.1. The molecule has 3 rings (SSSR count). The van der Waals surface area contributed by atoms with Gasteiger partial charge < -0.3 is 15.6 Å². The SMILES string of the molecule is C=NC(=C)c1c(N)ncn1CC#N.CC.CC.Cc1c(Cl)cccc1NCc1ccc(F)cc1. The van der Waals surface area contributed by atoms with Crippen LogP contribution < -0.4 is 11.1 Å². The second-order valence-electron chi connectivity index (χ2n) is 6.26. The zero-order valence-electron chi connectivity index (χ0n) is 20.6. The Morgan fingerprint density at radius 3 is 2.38 bits per heavy atom. The molecule has 0 aliphatic rings. The van der Waals surface area contributed by atoms with Crippen LogP contribution in [0.3, 0.4) is 0 Å². The lowest BCUT2D eigenvalue weighted by Crippen LogP contribution is -2.01. The van der Waals surface area contributed by atoms with Gasteiger partial charge in [0.2, 0.25) is 0 Å². The number of nitrogens with one attached hydrogen (secondary N) is 1. The molecule has 1 heterocycles. The van der Waals surface area contributed by atoms with E-state index in [1.165, 1.54) is 18.5 Å². The largest absolute Gasteiger partial charge is 0.382 e. The molecule has 3 aromatic rings. The van der Waals surface area contributed by atoms with Crippen LogP contribution in [0.1, 0.15) is 44.5 Å². The van der Waals surface area contributed by atoms with Crippen LogP contribution in [-0.4, -0.2) is 16.3 Å². The number of anilines is 2. The van der Waals surface area contributed by atoms with Crippen molar-refractivity contribution in [3.63, 3.8) is 0 Å². The highest BCUT2D eigenvalue weighted by Crippen LogP contribution is 2.23. The molecule has 0 saturated heterocycles. The predicted molar refractivity (Wildman–Crippen MR) is 143 cm³/mol. The molecule has 0 atom stereocenters. The van der Waals surface area contributed by atoms with Crippen molar-refractivity contribution in [1.82, 2.24) is 9.55 Å². The van der Waals surface area contributed by atoms with Crippen LogP contribution in [0.5, 0.6) is 0 Å². The summed E-state index contributed by atoms with van der Waals surface area (Å²) < 4.78 is 14.3. The van der Waals surface area contributed by atoms with E-state index in [0.717, 1.165) is 21.8 Å². The van der Waals surface area contributed by atoms with E-state index in [1.807, 2.05) is 58.9 Å². The van der Waals surface area contributed by atoms with Gasteiger partial charge in [-0.2, -0.15) is 5.26 Å². The molecular formula is C26H34ClFN6. The van der Waals surface area contributed by atoms with E-state index in [0.29, 0.717) is 23.8 Å². The van der Waals surface area contributed by atoms with Crippen molar-refractivity contribution >= 4 is 35.5 Å². The zero-order chi connectivity index (χ0) is 26.1. The summed E-state index contributed by atoms with van der Waals surface area (Å²) in [4.78, 5) is 7.49. The number of benzene rings is 2. The first-order chi connectivity index (χ1) is 16.4. The third-order valence-corrected chi connectivity index (χ3v) is 4.64. The van der Waals surface area contributed by atoms with Gasteiger partial charge in [-0.15, -0.1) is 0 Å². The number of hydrogen-bond donors (Lipinski definition) is 2. The number of halogens is 2. The summed E-state index contributed by atoms with van der Waals surface area (Å²) in [6, 6.07) is 14.2. The Balaban J connectivity index is 0.000000574. The molecule has 0 aliphatic carbocycles. The van der Waals surface area contributed by atoms with E-state index < -0.39 is 0 Å². The number of nitrogens with two attached hydrogens (primary N) is 1. The average Bonchev–Trinajstić information content (AvgIpc) is 3.23. The molecule has 0 radical (unpaired) electrons. The third-order valence-electron chi connectivity index (χ3n) is 4.24. The lowest BCUT2D eigenvalue weighted by Gasteiger charge is -2.10. The number of nitrogens with zero attached hydrogens (tertiary/aromatic N) is 4. The second kappa shape index (κ2) is 16.9. The Bertz CT molecular complexity index is 1070. The van der Waals surface area contributed by atoms with Gasteiger partial charge in [-0.3, -0.25) is 4.99 Å². The first-order valence-electron chi connectivity index (χ1n) is 10.9. The van der Waals surface area contributed by atoms with Crippen LogP contribution >= 0.6 is 11.6 Å². The maximum atomic E-state index is 12.7. The number of hydrogen-bond acceptors (Lipinski definition) is 5. The fourth-order valence-electron chi connectivity index (χ4n) is 2.58. The molecule has 6 nitrogen and oxygen atoms in total. The smallest absolute Gasteiger partial charge is 0.151 e. The van der Waals surface area contributed by atoms with Gasteiger partial charge in [0, 0.05) is 17.3 Å². The number of nitrogen functional groups attached to an aromatic ring is 1. The quantitative estimate of drug-likeness (QED) is 0.364. The van der Waals surface area contributed by atoms with Crippen LogP contribution in [0, 0.1) is 24.1 Å². The lowest BCUT2D eigenvalue weighted by molar-refractivity contribution is 0.627. The molecule has 0 aliphatic heterocycles. The highest BCUT2D eigenvalue weighted by molar-refractivity contribution is 6.31. The normalized spacial score (nSPS) is 9.00.